The van der Waals surface area contributed by atoms with Gasteiger partial charge in [0.25, 0.3) is 0 Å². The Balaban J connectivity index is 1.57. The second-order valence-electron chi connectivity index (χ2n) is 5.49. The lowest BCUT2D eigenvalue weighted by Crippen LogP contribution is -2.13. The molecule has 7 heteroatoms. The number of nitrogens with zero attached hydrogens (tertiary/aromatic N) is 1. The van der Waals surface area contributed by atoms with Crippen molar-refractivity contribution in [2.45, 2.75) is 13.0 Å². The molecule has 0 radical (unpaired) electrons. The van der Waals surface area contributed by atoms with E-state index in [1.54, 1.807) is 12.1 Å². The van der Waals surface area contributed by atoms with E-state index in [0.717, 1.165) is 16.7 Å². The molecular weight excluding hydrogens is 352 g/mol. The lowest BCUT2D eigenvalue weighted by molar-refractivity contribution is -0.136. The molecule has 2 aromatic carbocycles. The van der Waals surface area contributed by atoms with Crippen LogP contribution in [0.1, 0.15) is 11.1 Å². The van der Waals surface area contributed by atoms with Crippen LogP contribution >= 0.6 is 11.3 Å². The number of aliphatic carboxylic acids is 1. The molecule has 0 bridgehead atoms. The van der Waals surface area contributed by atoms with Crippen molar-refractivity contribution < 1.29 is 19.4 Å². The predicted molar refractivity (Wildman–Crippen MR) is 99.1 cm³/mol. The Morgan fingerprint density at radius 2 is 1.77 bits per heavy atom. The summed E-state index contributed by atoms with van der Waals surface area (Å²) in [6.45, 7) is 0.190. The lowest BCUT2D eigenvalue weighted by Gasteiger charge is -2.04. The number of aromatic nitrogens is 1. The van der Waals surface area contributed by atoms with Gasteiger partial charge >= 0.3 is 12.1 Å². The molecule has 0 aliphatic carbocycles. The maximum atomic E-state index is 11.9. The van der Waals surface area contributed by atoms with Gasteiger partial charge < -0.3 is 9.84 Å². The van der Waals surface area contributed by atoms with Crippen LogP contribution < -0.4 is 5.32 Å². The molecule has 0 aliphatic rings. The van der Waals surface area contributed by atoms with Crippen molar-refractivity contribution in [3.63, 3.8) is 0 Å². The summed E-state index contributed by atoms with van der Waals surface area (Å²) in [5, 5.41) is 13.7. The summed E-state index contributed by atoms with van der Waals surface area (Å²) >= 11 is 1.29. The number of carboxylic acids is 1. The van der Waals surface area contributed by atoms with Gasteiger partial charge in [-0.3, -0.25) is 10.1 Å². The first-order valence-corrected chi connectivity index (χ1v) is 8.72. The van der Waals surface area contributed by atoms with Crippen LogP contribution in [0.3, 0.4) is 0 Å². The van der Waals surface area contributed by atoms with Crippen LogP contribution in [0, 0.1) is 0 Å². The molecule has 0 unspecified atom stereocenters. The minimum absolute atomic E-state index is 0.0165. The predicted octanol–water partition coefficient (Wildman–Crippen LogP) is 4.19. The van der Waals surface area contributed by atoms with Gasteiger partial charge in [0.1, 0.15) is 6.61 Å². The highest BCUT2D eigenvalue weighted by molar-refractivity contribution is 7.14. The summed E-state index contributed by atoms with van der Waals surface area (Å²) in [5.41, 5.74) is 3.18. The molecule has 132 valence electrons. The Bertz CT molecular complexity index is 891. The van der Waals surface area contributed by atoms with Crippen LogP contribution in [0.5, 0.6) is 0 Å². The lowest BCUT2D eigenvalue weighted by atomic mass is 10.1. The number of thiazole rings is 1. The van der Waals surface area contributed by atoms with Crippen molar-refractivity contribution >= 4 is 28.5 Å². The Morgan fingerprint density at radius 1 is 1.04 bits per heavy atom. The molecule has 3 rings (SSSR count). The molecule has 1 heterocycles. The molecule has 1 amide bonds. The van der Waals surface area contributed by atoms with Gasteiger partial charge in [-0.25, -0.2) is 9.78 Å². The number of carboxylic acid groups (broad SMARTS) is 1. The highest BCUT2D eigenvalue weighted by atomic mass is 32.1. The van der Waals surface area contributed by atoms with Crippen LogP contribution in [-0.2, 0) is 22.6 Å². The van der Waals surface area contributed by atoms with E-state index in [1.165, 1.54) is 11.3 Å². The molecule has 6 nitrogen and oxygen atoms in total. The highest BCUT2D eigenvalue weighted by Gasteiger charge is 2.09. The standard InChI is InChI=1S/C19H16N2O4S/c22-17(23)10-13-6-8-15(9-7-13)16-12-26-18(20-16)21-19(24)25-11-14-4-2-1-3-5-14/h1-9,12H,10-11H2,(H,22,23)(H,20,21,24). The van der Waals surface area contributed by atoms with Crippen molar-refractivity contribution in [2.75, 3.05) is 5.32 Å². The normalized spacial score (nSPS) is 10.3. The zero-order chi connectivity index (χ0) is 18.4. The Kier molecular flexibility index (Phi) is 5.60. The number of anilines is 1. The van der Waals surface area contributed by atoms with Gasteiger partial charge in [-0.15, -0.1) is 11.3 Å². The fourth-order valence-electron chi connectivity index (χ4n) is 2.28. The monoisotopic (exact) mass is 368 g/mol. The van der Waals surface area contributed by atoms with Crippen LogP contribution in [-0.4, -0.2) is 22.2 Å². The Hall–Kier alpha value is -3.19. The molecule has 2 N–H and O–H groups in total. The van der Waals surface area contributed by atoms with E-state index in [4.69, 9.17) is 9.84 Å². The molecule has 26 heavy (non-hydrogen) atoms. The quantitative estimate of drug-likeness (QED) is 0.681. The van der Waals surface area contributed by atoms with E-state index in [2.05, 4.69) is 10.3 Å². The van der Waals surface area contributed by atoms with E-state index in [-0.39, 0.29) is 13.0 Å². The molecule has 0 aliphatic heterocycles. The van der Waals surface area contributed by atoms with Crippen LogP contribution in [0.4, 0.5) is 9.93 Å². The number of hydrogen-bond acceptors (Lipinski definition) is 5. The second kappa shape index (κ2) is 8.26. The first-order chi connectivity index (χ1) is 12.6. The van der Waals surface area contributed by atoms with E-state index in [1.807, 2.05) is 47.8 Å². The van der Waals surface area contributed by atoms with Crippen molar-refractivity contribution in [2.24, 2.45) is 0 Å². The fourth-order valence-corrected chi connectivity index (χ4v) is 2.98. The third-order valence-electron chi connectivity index (χ3n) is 3.53. The number of hydrogen-bond donors (Lipinski definition) is 2. The number of rotatable bonds is 6. The minimum atomic E-state index is -0.869. The van der Waals surface area contributed by atoms with Gasteiger partial charge in [-0.1, -0.05) is 54.6 Å². The largest absolute Gasteiger partial charge is 0.481 e. The molecule has 0 fully saturated rings. The number of nitrogens with one attached hydrogen (secondary N) is 1. The molecule has 3 aromatic rings. The number of benzene rings is 2. The van der Waals surface area contributed by atoms with Crippen LogP contribution in [0.25, 0.3) is 11.3 Å². The molecule has 0 saturated carbocycles. The zero-order valence-electron chi connectivity index (χ0n) is 13.7. The molecule has 0 saturated heterocycles. The maximum absolute atomic E-state index is 11.9. The van der Waals surface area contributed by atoms with E-state index in [0.29, 0.717) is 10.8 Å². The Labute approximate surface area is 154 Å². The van der Waals surface area contributed by atoms with Crippen LogP contribution in [0.2, 0.25) is 0 Å². The van der Waals surface area contributed by atoms with Crippen molar-refractivity contribution in [1.82, 2.24) is 4.98 Å². The smallest absolute Gasteiger partial charge is 0.413 e. The SMILES string of the molecule is O=C(O)Cc1ccc(-c2csc(NC(=O)OCc3ccccc3)n2)cc1. The van der Waals surface area contributed by atoms with Crippen molar-refractivity contribution in [1.29, 1.82) is 0 Å². The van der Waals surface area contributed by atoms with Gasteiger partial charge in [0.2, 0.25) is 0 Å². The third-order valence-corrected chi connectivity index (χ3v) is 4.29. The Morgan fingerprint density at radius 3 is 2.46 bits per heavy atom. The number of carbonyl (C=O) groups is 2. The highest BCUT2D eigenvalue weighted by Crippen LogP contribution is 2.25. The van der Waals surface area contributed by atoms with Gasteiger partial charge in [-0.05, 0) is 11.1 Å². The van der Waals surface area contributed by atoms with Gasteiger partial charge in [0, 0.05) is 10.9 Å². The van der Waals surface area contributed by atoms with Crippen molar-refractivity contribution in [3.8, 4) is 11.3 Å². The first kappa shape index (κ1) is 17.6. The molecule has 0 spiro atoms. The third kappa shape index (κ3) is 4.90. The van der Waals surface area contributed by atoms with Crippen LogP contribution in [0.15, 0.2) is 60.0 Å². The van der Waals surface area contributed by atoms with E-state index >= 15 is 0 Å². The maximum Gasteiger partial charge on any atom is 0.413 e. The fraction of sp³-hybridized carbons (Fsp3) is 0.105. The minimum Gasteiger partial charge on any atom is -0.481 e. The molecule has 1 aromatic heterocycles. The van der Waals surface area contributed by atoms with E-state index in [9.17, 15) is 9.59 Å². The number of carbonyl (C=O) groups excluding carboxylic acids is 1. The summed E-state index contributed by atoms with van der Waals surface area (Å²) in [7, 11) is 0. The average molecular weight is 368 g/mol. The van der Waals surface area contributed by atoms with Gasteiger partial charge in [0.15, 0.2) is 5.13 Å². The summed E-state index contributed by atoms with van der Waals surface area (Å²) < 4.78 is 5.16. The zero-order valence-corrected chi connectivity index (χ0v) is 14.5. The molecule has 0 atom stereocenters. The van der Waals surface area contributed by atoms with Crippen molar-refractivity contribution in [3.05, 3.63) is 71.1 Å². The summed E-state index contributed by atoms with van der Waals surface area (Å²) in [6, 6.07) is 16.5. The van der Waals surface area contributed by atoms with E-state index < -0.39 is 12.1 Å². The molecular formula is C19H16N2O4S. The van der Waals surface area contributed by atoms with Gasteiger partial charge in [-0.2, -0.15) is 0 Å². The number of amides is 1. The first-order valence-electron chi connectivity index (χ1n) is 7.84. The average Bonchev–Trinajstić information content (AvgIpc) is 3.09. The topological polar surface area (TPSA) is 88.5 Å². The summed E-state index contributed by atoms with van der Waals surface area (Å²) in [5.74, 6) is -0.869. The summed E-state index contributed by atoms with van der Waals surface area (Å²) in [4.78, 5) is 26.9. The van der Waals surface area contributed by atoms with Gasteiger partial charge in [0.05, 0.1) is 12.1 Å². The second-order valence-corrected chi connectivity index (χ2v) is 6.35. The number of ether oxygens (including phenoxy) is 1. The summed E-state index contributed by atoms with van der Waals surface area (Å²) in [6.07, 6.45) is -0.580.